The Bertz CT molecular complexity index is 482. The van der Waals surface area contributed by atoms with Gasteiger partial charge >= 0.3 is 0 Å². The predicted octanol–water partition coefficient (Wildman–Crippen LogP) is 3.52. The summed E-state index contributed by atoms with van der Waals surface area (Å²) >= 11 is 0. The van der Waals surface area contributed by atoms with Crippen molar-refractivity contribution in [3.05, 3.63) is 29.3 Å². The first-order chi connectivity index (χ1) is 9.49. The lowest BCUT2D eigenvalue weighted by Gasteiger charge is -2.35. The van der Waals surface area contributed by atoms with Crippen LogP contribution in [0.2, 0.25) is 0 Å². The second-order valence-corrected chi connectivity index (χ2v) is 6.35. The van der Waals surface area contributed by atoms with Crippen molar-refractivity contribution in [1.82, 2.24) is 5.32 Å². The molecule has 2 rings (SSSR count). The van der Waals surface area contributed by atoms with Crippen molar-refractivity contribution < 1.29 is 4.79 Å². The van der Waals surface area contributed by atoms with E-state index in [2.05, 4.69) is 19.2 Å². The monoisotopic (exact) mass is 274 g/mol. The van der Waals surface area contributed by atoms with Crippen molar-refractivity contribution in [3.8, 4) is 0 Å². The summed E-state index contributed by atoms with van der Waals surface area (Å²) in [5.74, 6) is 1.23. The van der Waals surface area contributed by atoms with E-state index in [9.17, 15) is 4.79 Å². The average molecular weight is 274 g/mol. The zero-order chi connectivity index (χ0) is 14.7. The van der Waals surface area contributed by atoms with Crippen molar-refractivity contribution in [1.29, 1.82) is 0 Å². The van der Waals surface area contributed by atoms with Gasteiger partial charge in [0.2, 0.25) is 0 Å². The van der Waals surface area contributed by atoms with Crippen LogP contribution in [0.5, 0.6) is 0 Å². The first-order valence-corrected chi connectivity index (χ1v) is 7.66. The fourth-order valence-electron chi connectivity index (χ4n) is 3.27. The maximum Gasteiger partial charge on any atom is 0.251 e. The number of hydrogen-bond acceptors (Lipinski definition) is 2. The van der Waals surface area contributed by atoms with Crippen LogP contribution < -0.4 is 11.1 Å². The molecule has 2 atom stereocenters. The molecule has 0 heterocycles. The Morgan fingerprint density at radius 1 is 1.30 bits per heavy atom. The van der Waals surface area contributed by atoms with Gasteiger partial charge in [0, 0.05) is 17.3 Å². The third-order valence-corrected chi connectivity index (χ3v) is 4.50. The molecule has 1 fully saturated rings. The second kappa shape index (κ2) is 6.29. The molecule has 1 aliphatic carbocycles. The minimum absolute atomic E-state index is 0.0207. The molecule has 0 bridgehead atoms. The molecular weight excluding hydrogens is 248 g/mol. The maximum atomic E-state index is 12.5. The minimum Gasteiger partial charge on any atom is -0.399 e. The number of aryl methyl sites for hydroxylation is 1. The van der Waals surface area contributed by atoms with Crippen LogP contribution in [-0.4, -0.2) is 11.9 Å². The van der Waals surface area contributed by atoms with E-state index in [1.807, 2.05) is 19.1 Å². The molecule has 1 aromatic carbocycles. The van der Waals surface area contributed by atoms with E-state index in [0.717, 1.165) is 12.0 Å². The van der Waals surface area contributed by atoms with Crippen LogP contribution in [0.3, 0.4) is 0 Å². The smallest absolute Gasteiger partial charge is 0.251 e. The normalized spacial score (nSPS) is 22.8. The van der Waals surface area contributed by atoms with Crippen LogP contribution in [0.15, 0.2) is 18.2 Å². The van der Waals surface area contributed by atoms with E-state index in [-0.39, 0.29) is 5.91 Å². The Morgan fingerprint density at radius 2 is 2.00 bits per heavy atom. The van der Waals surface area contributed by atoms with Gasteiger partial charge in [-0.1, -0.05) is 32.8 Å². The Morgan fingerprint density at radius 3 is 2.70 bits per heavy atom. The Labute approximate surface area is 121 Å². The van der Waals surface area contributed by atoms with E-state index < -0.39 is 0 Å². The number of anilines is 1. The summed E-state index contributed by atoms with van der Waals surface area (Å²) in [5.41, 5.74) is 8.12. The van der Waals surface area contributed by atoms with Gasteiger partial charge in [-0.25, -0.2) is 0 Å². The standard InChI is InChI=1S/C17H26N2O/c1-11(2)14-6-4-5-7-16(14)19-17(20)15-10-13(18)9-8-12(15)3/h8-11,14,16H,4-7,18H2,1-3H3,(H,19,20). The molecule has 20 heavy (non-hydrogen) atoms. The lowest BCUT2D eigenvalue weighted by Crippen LogP contribution is -2.44. The molecule has 1 saturated carbocycles. The quantitative estimate of drug-likeness (QED) is 0.829. The zero-order valence-corrected chi connectivity index (χ0v) is 12.8. The van der Waals surface area contributed by atoms with Crippen LogP contribution in [0.4, 0.5) is 5.69 Å². The van der Waals surface area contributed by atoms with E-state index >= 15 is 0 Å². The third-order valence-electron chi connectivity index (χ3n) is 4.50. The van der Waals surface area contributed by atoms with E-state index in [4.69, 9.17) is 5.73 Å². The van der Waals surface area contributed by atoms with Gasteiger partial charge in [-0.05, 0) is 49.3 Å². The van der Waals surface area contributed by atoms with Gasteiger partial charge in [-0.2, -0.15) is 0 Å². The zero-order valence-electron chi connectivity index (χ0n) is 12.8. The third kappa shape index (κ3) is 3.33. The maximum absolute atomic E-state index is 12.5. The number of carbonyl (C=O) groups excluding carboxylic acids is 1. The van der Waals surface area contributed by atoms with Gasteiger partial charge in [0.25, 0.3) is 5.91 Å². The van der Waals surface area contributed by atoms with Gasteiger partial charge in [0.15, 0.2) is 0 Å². The highest BCUT2D eigenvalue weighted by atomic mass is 16.1. The van der Waals surface area contributed by atoms with Crippen LogP contribution in [0, 0.1) is 18.8 Å². The van der Waals surface area contributed by atoms with Crippen LogP contribution in [0.25, 0.3) is 0 Å². The van der Waals surface area contributed by atoms with Crippen molar-refractivity contribution in [2.75, 3.05) is 5.73 Å². The summed E-state index contributed by atoms with van der Waals surface area (Å²) in [5, 5.41) is 3.24. The highest BCUT2D eigenvalue weighted by Crippen LogP contribution is 2.30. The molecule has 110 valence electrons. The molecule has 0 spiro atoms. The molecule has 0 aliphatic heterocycles. The highest BCUT2D eigenvalue weighted by Gasteiger charge is 2.29. The van der Waals surface area contributed by atoms with Crippen molar-refractivity contribution >= 4 is 11.6 Å². The molecule has 1 aromatic rings. The molecule has 3 nitrogen and oxygen atoms in total. The number of nitrogen functional groups attached to an aromatic ring is 1. The van der Waals surface area contributed by atoms with Crippen molar-refractivity contribution in [3.63, 3.8) is 0 Å². The molecule has 1 amide bonds. The minimum atomic E-state index is 0.0207. The second-order valence-electron chi connectivity index (χ2n) is 6.35. The Balaban J connectivity index is 2.11. The van der Waals surface area contributed by atoms with Gasteiger partial charge in [-0.3, -0.25) is 4.79 Å². The Hall–Kier alpha value is -1.51. The fourth-order valence-corrected chi connectivity index (χ4v) is 3.27. The first-order valence-electron chi connectivity index (χ1n) is 7.66. The van der Waals surface area contributed by atoms with Crippen LogP contribution in [-0.2, 0) is 0 Å². The largest absolute Gasteiger partial charge is 0.399 e. The highest BCUT2D eigenvalue weighted by molar-refractivity contribution is 5.96. The van der Waals surface area contributed by atoms with Crippen LogP contribution in [0.1, 0.15) is 55.5 Å². The van der Waals surface area contributed by atoms with Gasteiger partial charge in [0.05, 0.1) is 0 Å². The first kappa shape index (κ1) is 14.9. The summed E-state index contributed by atoms with van der Waals surface area (Å²) in [6, 6.07) is 5.82. The number of carbonyl (C=O) groups is 1. The van der Waals surface area contributed by atoms with Crippen molar-refractivity contribution in [2.45, 2.75) is 52.5 Å². The summed E-state index contributed by atoms with van der Waals surface area (Å²) < 4.78 is 0. The molecule has 1 aliphatic rings. The number of nitrogens with two attached hydrogens (primary N) is 1. The number of hydrogen-bond donors (Lipinski definition) is 2. The average Bonchev–Trinajstić information content (AvgIpc) is 2.41. The van der Waals surface area contributed by atoms with E-state index in [0.29, 0.717) is 29.1 Å². The Kier molecular flexibility index (Phi) is 4.69. The SMILES string of the molecule is Cc1ccc(N)cc1C(=O)NC1CCCCC1C(C)C. The van der Waals surface area contributed by atoms with Gasteiger partial charge in [0.1, 0.15) is 0 Å². The number of nitrogens with one attached hydrogen (secondary N) is 1. The lowest BCUT2D eigenvalue weighted by molar-refractivity contribution is 0.0888. The van der Waals surface area contributed by atoms with Crippen molar-refractivity contribution in [2.24, 2.45) is 11.8 Å². The predicted molar refractivity (Wildman–Crippen MR) is 83.6 cm³/mol. The molecule has 0 aromatic heterocycles. The molecule has 2 unspecified atom stereocenters. The van der Waals surface area contributed by atoms with Gasteiger partial charge < -0.3 is 11.1 Å². The van der Waals surface area contributed by atoms with Crippen LogP contribution >= 0.6 is 0 Å². The number of rotatable bonds is 3. The van der Waals surface area contributed by atoms with E-state index in [1.54, 1.807) is 6.07 Å². The summed E-state index contributed by atoms with van der Waals surface area (Å²) in [6.45, 7) is 6.46. The number of amides is 1. The van der Waals surface area contributed by atoms with E-state index in [1.165, 1.54) is 19.3 Å². The summed E-state index contributed by atoms with van der Waals surface area (Å²) in [4.78, 5) is 12.5. The lowest BCUT2D eigenvalue weighted by atomic mass is 9.77. The molecule has 0 radical (unpaired) electrons. The summed E-state index contributed by atoms with van der Waals surface area (Å²) in [7, 11) is 0. The van der Waals surface area contributed by atoms with Gasteiger partial charge in [-0.15, -0.1) is 0 Å². The molecule has 0 saturated heterocycles. The molecule has 3 N–H and O–H groups in total. The topological polar surface area (TPSA) is 55.1 Å². The molecule has 3 heteroatoms. The molecular formula is C17H26N2O. The fraction of sp³-hybridized carbons (Fsp3) is 0.588. The summed E-state index contributed by atoms with van der Waals surface area (Å²) in [6.07, 6.45) is 4.81. The number of benzene rings is 1.